The Balaban J connectivity index is 2.18. The first-order chi connectivity index (χ1) is 10.8. The third-order valence-corrected chi connectivity index (χ3v) is 2.93. The van der Waals surface area contributed by atoms with Crippen molar-refractivity contribution in [1.29, 1.82) is 0 Å². The molecule has 118 valence electrons. The molecule has 0 fully saturated rings. The summed E-state index contributed by atoms with van der Waals surface area (Å²) in [5.74, 6) is -1.74. The lowest BCUT2D eigenvalue weighted by Crippen LogP contribution is -2.14. The number of hydrogen-bond acceptors (Lipinski definition) is 4. The van der Waals surface area contributed by atoms with Crippen LogP contribution in [0.25, 0.3) is 0 Å². The van der Waals surface area contributed by atoms with Gasteiger partial charge < -0.3 is 21.5 Å². The van der Waals surface area contributed by atoms with E-state index in [2.05, 4.69) is 10.6 Å². The number of carboxylic acids is 1. The maximum Gasteiger partial charge on any atom is 0.335 e. The zero-order valence-electron chi connectivity index (χ0n) is 12.3. The molecular formula is C16H15N3O4. The first-order valence-corrected chi connectivity index (χ1v) is 6.68. The predicted octanol–water partition coefficient (Wildman–Crippen LogP) is 2.18. The molecule has 0 aliphatic carbocycles. The maximum atomic E-state index is 12.2. The molecule has 0 radical (unpaired) electrons. The number of carbonyl (C=O) groups is 3. The van der Waals surface area contributed by atoms with Gasteiger partial charge in [-0.25, -0.2) is 4.79 Å². The van der Waals surface area contributed by atoms with Crippen molar-refractivity contribution in [3.63, 3.8) is 0 Å². The van der Waals surface area contributed by atoms with Gasteiger partial charge in [-0.2, -0.15) is 0 Å². The molecule has 7 heteroatoms. The van der Waals surface area contributed by atoms with Gasteiger partial charge in [0.2, 0.25) is 5.91 Å². The molecule has 0 saturated heterocycles. The van der Waals surface area contributed by atoms with Crippen molar-refractivity contribution >= 4 is 34.8 Å². The van der Waals surface area contributed by atoms with Crippen LogP contribution in [0.4, 0.5) is 17.1 Å². The topological polar surface area (TPSA) is 122 Å². The van der Waals surface area contributed by atoms with E-state index in [1.165, 1.54) is 43.3 Å². The number of amides is 2. The molecular weight excluding hydrogens is 298 g/mol. The minimum Gasteiger partial charge on any atom is -0.478 e. The molecule has 0 aliphatic rings. The molecule has 0 aromatic heterocycles. The summed E-state index contributed by atoms with van der Waals surface area (Å²) in [7, 11) is 0. The van der Waals surface area contributed by atoms with Gasteiger partial charge in [-0.15, -0.1) is 0 Å². The molecule has 7 nitrogen and oxygen atoms in total. The molecule has 0 bridgehead atoms. The Morgan fingerprint density at radius 2 is 1.57 bits per heavy atom. The fourth-order valence-electron chi connectivity index (χ4n) is 1.96. The number of nitrogens with one attached hydrogen (secondary N) is 2. The number of anilines is 3. The summed E-state index contributed by atoms with van der Waals surface area (Å²) in [6.07, 6.45) is 0. The standard InChI is InChI=1S/C16H15N3O4/c1-9(20)18-14-7-11(6-12(17)8-14)15(21)19-13-4-2-10(3-5-13)16(22)23/h2-8H,17H2,1H3,(H,18,20)(H,19,21)(H,22,23). The van der Waals surface area contributed by atoms with Crippen LogP contribution in [-0.4, -0.2) is 22.9 Å². The third-order valence-electron chi connectivity index (χ3n) is 2.93. The number of benzene rings is 2. The minimum atomic E-state index is -1.04. The van der Waals surface area contributed by atoms with E-state index in [0.29, 0.717) is 17.1 Å². The van der Waals surface area contributed by atoms with Crippen LogP contribution < -0.4 is 16.4 Å². The zero-order chi connectivity index (χ0) is 17.0. The molecule has 2 amide bonds. The van der Waals surface area contributed by atoms with E-state index in [-0.39, 0.29) is 17.0 Å². The van der Waals surface area contributed by atoms with Gasteiger partial charge >= 0.3 is 5.97 Å². The summed E-state index contributed by atoms with van der Waals surface area (Å²) in [4.78, 5) is 34.1. The van der Waals surface area contributed by atoms with Crippen LogP contribution in [0.15, 0.2) is 42.5 Å². The van der Waals surface area contributed by atoms with Crippen LogP contribution in [-0.2, 0) is 4.79 Å². The van der Waals surface area contributed by atoms with Crippen molar-refractivity contribution in [2.75, 3.05) is 16.4 Å². The van der Waals surface area contributed by atoms with Crippen molar-refractivity contribution in [1.82, 2.24) is 0 Å². The Morgan fingerprint density at radius 3 is 2.13 bits per heavy atom. The molecule has 0 unspecified atom stereocenters. The average molecular weight is 313 g/mol. The highest BCUT2D eigenvalue weighted by Gasteiger charge is 2.10. The second-order valence-electron chi connectivity index (χ2n) is 4.86. The van der Waals surface area contributed by atoms with E-state index >= 15 is 0 Å². The van der Waals surface area contributed by atoms with Crippen LogP contribution in [0.5, 0.6) is 0 Å². The highest BCUT2D eigenvalue weighted by molar-refractivity contribution is 6.06. The predicted molar refractivity (Wildman–Crippen MR) is 86.5 cm³/mol. The first-order valence-electron chi connectivity index (χ1n) is 6.68. The van der Waals surface area contributed by atoms with Gasteiger partial charge in [0.05, 0.1) is 5.56 Å². The molecule has 23 heavy (non-hydrogen) atoms. The van der Waals surface area contributed by atoms with Crippen molar-refractivity contribution < 1.29 is 19.5 Å². The normalized spacial score (nSPS) is 9.96. The van der Waals surface area contributed by atoms with Gasteiger partial charge in [-0.3, -0.25) is 9.59 Å². The number of nitrogen functional groups attached to an aromatic ring is 1. The van der Waals surface area contributed by atoms with Gasteiger partial charge in [0.15, 0.2) is 0 Å². The molecule has 2 aromatic carbocycles. The van der Waals surface area contributed by atoms with Crippen LogP contribution in [0, 0.1) is 0 Å². The van der Waals surface area contributed by atoms with E-state index in [9.17, 15) is 14.4 Å². The summed E-state index contributed by atoms with van der Waals surface area (Å²) in [6, 6.07) is 10.3. The number of carbonyl (C=O) groups excluding carboxylic acids is 2. The molecule has 2 rings (SSSR count). The number of hydrogen-bond donors (Lipinski definition) is 4. The van der Waals surface area contributed by atoms with E-state index in [1.807, 2.05) is 0 Å². The molecule has 0 atom stereocenters. The Bertz CT molecular complexity index is 769. The SMILES string of the molecule is CC(=O)Nc1cc(N)cc(C(=O)Nc2ccc(C(=O)O)cc2)c1. The molecule has 0 aliphatic heterocycles. The van der Waals surface area contributed by atoms with Gasteiger partial charge in [0, 0.05) is 29.5 Å². The lowest BCUT2D eigenvalue weighted by Gasteiger charge is -2.09. The average Bonchev–Trinajstić information content (AvgIpc) is 2.46. The number of aromatic carboxylic acids is 1. The third kappa shape index (κ3) is 4.31. The second kappa shape index (κ2) is 6.61. The first kappa shape index (κ1) is 16.0. The molecule has 0 heterocycles. The fraction of sp³-hybridized carbons (Fsp3) is 0.0625. The monoisotopic (exact) mass is 313 g/mol. The number of nitrogens with two attached hydrogens (primary N) is 1. The lowest BCUT2D eigenvalue weighted by atomic mass is 10.1. The van der Waals surface area contributed by atoms with Crippen molar-refractivity contribution in [2.24, 2.45) is 0 Å². The van der Waals surface area contributed by atoms with Crippen LogP contribution >= 0.6 is 0 Å². The van der Waals surface area contributed by atoms with E-state index < -0.39 is 11.9 Å². The minimum absolute atomic E-state index is 0.125. The summed E-state index contributed by atoms with van der Waals surface area (Å²) in [5, 5.41) is 14.0. The van der Waals surface area contributed by atoms with Gasteiger partial charge in [0.1, 0.15) is 0 Å². The molecule has 0 spiro atoms. The van der Waals surface area contributed by atoms with E-state index in [1.54, 1.807) is 6.07 Å². The summed E-state index contributed by atoms with van der Waals surface area (Å²) >= 11 is 0. The number of carboxylic acid groups (broad SMARTS) is 1. The lowest BCUT2D eigenvalue weighted by molar-refractivity contribution is -0.114. The van der Waals surface area contributed by atoms with Crippen LogP contribution in [0.1, 0.15) is 27.6 Å². The van der Waals surface area contributed by atoms with Gasteiger partial charge in [-0.05, 0) is 42.5 Å². The summed E-state index contributed by atoms with van der Waals surface area (Å²) in [6.45, 7) is 1.35. The highest BCUT2D eigenvalue weighted by Crippen LogP contribution is 2.18. The maximum absolute atomic E-state index is 12.2. The highest BCUT2D eigenvalue weighted by atomic mass is 16.4. The largest absolute Gasteiger partial charge is 0.478 e. The quantitative estimate of drug-likeness (QED) is 0.644. The Labute approximate surface area is 132 Å². The second-order valence-corrected chi connectivity index (χ2v) is 4.86. The Kier molecular flexibility index (Phi) is 4.61. The fourth-order valence-corrected chi connectivity index (χ4v) is 1.96. The summed E-state index contributed by atoms with van der Waals surface area (Å²) < 4.78 is 0. The molecule has 0 saturated carbocycles. The molecule has 5 N–H and O–H groups in total. The zero-order valence-corrected chi connectivity index (χ0v) is 12.3. The van der Waals surface area contributed by atoms with Crippen LogP contribution in [0.2, 0.25) is 0 Å². The van der Waals surface area contributed by atoms with Crippen molar-refractivity contribution in [3.05, 3.63) is 53.6 Å². The van der Waals surface area contributed by atoms with Crippen molar-refractivity contribution in [2.45, 2.75) is 6.92 Å². The van der Waals surface area contributed by atoms with E-state index in [0.717, 1.165) is 0 Å². The smallest absolute Gasteiger partial charge is 0.335 e. The summed E-state index contributed by atoms with van der Waals surface area (Å²) in [5.41, 5.74) is 7.33. The van der Waals surface area contributed by atoms with E-state index in [4.69, 9.17) is 10.8 Å². The number of rotatable bonds is 4. The van der Waals surface area contributed by atoms with Crippen molar-refractivity contribution in [3.8, 4) is 0 Å². The van der Waals surface area contributed by atoms with Gasteiger partial charge in [-0.1, -0.05) is 0 Å². The Morgan fingerprint density at radius 1 is 0.913 bits per heavy atom. The van der Waals surface area contributed by atoms with Crippen LogP contribution in [0.3, 0.4) is 0 Å². The Hall–Kier alpha value is -3.35. The van der Waals surface area contributed by atoms with Gasteiger partial charge in [0.25, 0.3) is 5.91 Å². The molecule has 2 aromatic rings.